The van der Waals surface area contributed by atoms with Gasteiger partial charge >= 0.3 is 5.24 Å². The van der Waals surface area contributed by atoms with Crippen molar-refractivity contribution in [2.75, 3.05) is 25.1 Å². The Balaban J connectivity index is 1.50. The number of carbonyl (C=O) groups excluding carboxylic acids is 2. The van der Waals surface area contributed by atoms with Crippen LogP contribution in [-0.2, 0) is 17.6 Å². The minimum absolute atomic E-state index is 0.362. The van der Waals surface area contributed by atoms with Crippen LogP contribution in [0.1, 0.15) is 42.5 Å². The number of ether oxygens (including phenoxy) is 1. The summed E-state index contributed by atoms with van der Waals surface area (Å²) in [5, 5.41) is 4.93. The van der Waals surface area contributed by atoms with E-state index in [0.717, 1.165) is 71.0 Å². The Morgan fingerprint density at radius 3 is 2.59 bits per heavy atom. The number of hydrogen-bond acceptors (Lipinski definition) is 6. The Morgan fingerprint density at radius 1 is 1.10 bits per heavy atom. The van der Waals surface area contributed by atoms with Crippen molar-refractivity contribution in [3.8, 4) is 5.75 Å². The average Bonchev–Trinajstić information content (AvgIpc) is 2.95. The summed E-state index contributed by atoms with van der Waals surface area (Å²) < 4.78 is 4.84. The monoisotopic (exact) mass is 540 g/mol. The van der Waals surface area contributed by atoms with Gasteiger partial charge in [0.1, 0.15) is 11.6 Å². The van der Waals surface area contributed by atoms with Crippen LogP contribution in [0.5, 0.6) is 5.75 Å². The van der Waals surface area contributed by atoms with Crippen LogP contribution >= 0.6 is 11.8 Å². The van der Waals surface area contributed by atoms with Gasteiger partial charge in [-0.1, -0.05) is 36.4 Å². The van der Waals surface area contributed by atoms with E-state index in [1.54, 1.807) is 7.11 Å². The minimum atomic E-state index is -0.549. The fraction of sp³-hybridized carbons (Fsp3) is 0.290. The number of nitrogens with zero attached hydrogens (tertiary/aromatic N) is 4. The molecule has 0 saturated heterocycles. The van der Waals surface area contributed by atoms with Gasteiger partial charge in [0.25, 0.3) is 0 Å². The molecule has 2 heterocycles. The second kappa shape index (κ2) is 11.5. The van der Waals surface area contributed by atoms with E-state index >= 15 is 0 Å². The average molecular weight is 541 g/mol. The number of thioether (sulfide) groups is 1. The molecule has 0 aromatic heterocycles. The molecule has 8 heteroatoms. The first-order valence-corrected chi connectivity index (χ1v) is 13.9. The van der Waals surface area contributed by atoms with Crippen LogP contribution in [0.4, 0.5) is 10.5 Å². The topological polar surface area (TPSA) is 74.6 Å². The lowest BCUT2D eigenvalue weighted by Crippen LogP contribution is -2.41. The summed E-state index contributed by atoms with van der Waals surface area (Å²) in [6.45, 7) is 5.46. The number of benzene rings is 3. The maximum atomic E-state index is 12.2. The van der Waals surface area contributed by atoms with Crippen LogP contribution in [0.15, 0.2) is 82.9 Å². The van der Waals surface area contributed by atoms with Crippen LogP contribution in [0, 0.1) is 0 Å². The third-order valence-electron chi connectivity index (χ3n) is 6.99. The quantitative estimate of drug-likeness (QED) is 0.211. The summed E-state index contributed by atoms with van der Waals surface area (Å²) in [5.74, 6) is 1.74. The lowest BCUT2D eigenvalue weighted by atomic mass is 9.93. The van der Waals surface area contributed by atoms with Crippen LogP contribution in [0.25, 0.3) is 0 Å². The number of aryl methyl sites for hydroxylation is 1. The second-order valence-electron chi connectivity index (χ2n) is 10.0. The Bertz CT molecular complexity index is 1420. The number of amidine groups is 1. The molecule has 0 aliphatic carbocycles. The molecule has 200 valence electrons. The Hall–Kier alpha value is -3.91. The van der Waals surface area contributed by atoms with Gasteiger partial charge in [0.05, 0.1) is 17.6 Å². The molecule has 0 N–H and O–H groups in total. The molecule has 2 aliphatic heterocycles. The van der Waals surface area contributed by atoms with Gasteiger partial charge in [-0.25, -0.2) is 0 Å². The van der Waals surface area contributed by atoms with E-state index in [-0.39, 0.29) is 5.24 Å². The number of imide groups is 1. The van der Waals surface area contributed by atoms with Crippen LogP contribution in [-0.4, -0.2) is 53.2 Å². The van der Waals surface area contributed by atoms with Crippen molar-refractivity contribution in [2.24, 2.45) is 10.1 Å². The summed E-state index contributed by atoms with van der Waals surface area (Å²) in [4.78, 5) is 31.1. The number of rotatable bonds is 7. The largest absolute Gasteiger partial charge is 0.497 e. The van der Waals surface area contributed by atoms with Crippen LogP contribution < -0.4 is 9.64 Å². The fourth-order valence-electron chi connectivity index (χ4n) is 5.03. The molecule has 0 spiro atoms. The maximum Gasteiger partial charge on any atom is 0.309 e. The Labute approximate surface area is 233 Å². The molecule has 2 amide bonds. The molecule has 0 atom stereocenters. The molecule has 3 aromatic rings. The lowest BCUT2D eigenvalue weighted by Gasteiger charge is -2.34. The van der Waals surface area contributed by atoms with E-state index in [1.165, 1.54) is 11.1 Å². The Morgan fingerprint density at radius 2 is 1.87 bits per heavy atom. The van der Waals surface area contributed by atoms with Gasteiger partial charge in [-0.05, 0) is 98.0 Å². The van der Waals surface area contributed by atoms with Gasteiger partial charge < -0.3 is 9.64 Å². The van der Waals surface area contributed by atoms with E-state index in [1.807, 2.05) is 38.1 Å². The molecule has 3 aromatic carbocycles. The molecule has 0 saturated carbocycles. The normalized spacial score (nSPS) is 16.9. The SMILES string of the molecule is COc1ccc(C(=NCCc2ccccc2)N2CCCc3cc(C4=NN(C=O)C(=O)SC4(C)C)ccc32)cc1. The molecule has 5 rings (SSSR count). The van der Waals surface area contributed by atoms with Crippen molar-refractivity contribution >= 4 is 40.6 Å². The first-order chi connectivity index (χ1) is 18.9. The van der Waals surface area contributed by atoms with E-state index in [0.29, 0.717) is 18.7 Å². The maximum absolute atomic E-state index is 12.2. The Kier molecular flexibility index (Phi) is 7.84. The van der Waals surface area contributed by atoms with Gasteiger partial charge in [0, 0.05) is 24.3 Å². The number of hydrazone groups is 1. The molecule has 0 fully saturated rings. The first-order valence-electron chi connectivity index (χ1n) is 13.1. The highest BCUT2D eigenvalue weighted by Gasteiger charge is 2.38. The standard InChI is InChI=1S/C31H32N4O3S/c1-31(2)28(33-35(21-36)30(37)39-31)25-13-16-27-24(20-25)10-7-19-34(27)29(23-11-14-26(38-3)15-12-23)32-18-17-22-8-5-4-6-9-22/h4-6,8-9,11-16,20-21H,7,10,17-19H2,1-3H3. The zero-order valence-electron chi connectivity index (χ0n) is 22.5. The molecular weight excluding hydrogens is 508 g/mol. The van der Waals surface area contributed by atoms with Crippen LogP contribution in [0.3, 0.4) is 0 Å². The fourth-order valence-corrected chi connectivity index (χ4v) is 5.90. The molecule has 39 heavy (non-hydrogen) atoms. The van der Waals surface area contributed by atoms with Crippen molar-refractivity contribution in [1.82, 2.24) is 5.01 Å². The number of carbonyl (C=O) groups is 2. The first kappa shape index (κ1) is 26.7. The number of fused-ring (bicyclic) bond motifs is 1. The number of methoxy groups -OCH3 is 1. The minimum Gasteiger partial charge on any atom is -0.497 e. The van der Waals surface area contributed by atoms with Crippen LogP contribution in [0.2, 0.25) is 0 Å². The summed E-state index contributed by atoms with van der Waals surface area (Å²) in [7, 11) is 1.67. The second-order valence-corrected chi connectivity index (χ2v) is 11.6. The number of aliphatic imine (C=N–C) groups is 1. The molecule has 2 aliphatic rings. The van der Waals surface area contributed by atoms with Gasteiger partial charge in [-0.3, -0.25) is 14.6 Å². The lowest BCUT2D eigenvalue weighted by molar-refractivity contribution is -0.115. The van der Waals surface area contributed by atoms with Gasteiger partial charge in [0.15, 0.2) is 0 Å². The number of hydrogen-bond donors (Lipinski definition) is 0. The van der Waals surface area contributed by atoms with Crippen molar-refractivity contribution in [1.29, 1.82) is 0 Å². The zero-order chi connectivity index (χ0) is 27.4. The van der Waals surface area contributed by atoms with Gasteiger partial charge in [-0.15, -0.1) is 0 Å². The highest BCUT2D eigenvalue weighted by Crippen LogP contribution is 2.37. The van der Waals surface area contributed by atoms with E-state index < -0.39 is 4.75 Å². The predicted octanol–water partition coefficient (Wildman–Crippen LogP) is 5.95. The van der Waals surface area contributed by atoms with E-state index in [2.05, 4.69) is 58.5 Å². The van der Waals surface area contributed by atoms with Gasteiger partial charge in [-0.2, -0.15) is 10.1 Å². The number of amides is 2. The third-order valence-corrected chi connectivity index (χ3v) is 8.05. The smallest absolute Gasteiger partial charge is 0.309 e. The highest BCUT2D eigenvalue weighted by atomic mass is 32.2. The highest BCUT2D eigenvalue weighted by molar-refractivity contribution is 8.15. The summed E-state index contributed by atoms with van der Waals surface area (Å²) >= 11 is 1.11. The van der Waals surface area contributed by atoms with Crippen molar-refractivity contribution in [3.63, 3.8) is 0 Å². The van der Waals surface area contributed by atoms with Crippen molar-refractivity contribution < 1.29 is 14.3 Å². The number of anilines is 1. The summed E-state index contributed by atoms with van der Waals surface area (Å²) in [5.41, 5.74) is 6.24. The third kappa shape index (κ3) is 5.76. The van der Waals surface area contributed by atoms with Crippen molar-refractivity contribution in [2.45, 2.75) is 37.9 Å². The zero-order valence-corrected chi connectivity index (χ0v) is 23.3. The van der Waals surface area contributed by atoms with E-state index in [9.17, 15) is 9.59 Å². The molecule has 0 unspecified atom stereocenters. The predicted molar refractivity (Wildman–Crippen MR) is 158 cm³/mol. The van der Waals surface area contributed by atoms with Gasteiger partial charge in [0.2, 0.25) is 6.41 Å². The molecule has 0 radical (unpaired) electrons. The van der Waals surface area contributed by atoms with E-state index in [4.69, 9.17) is 9.73 Å². The van der Waals surface area contributed by atoms with Crippen molar-refractivity contribution in [3.05, 3.63) is 95.1 Å². The summed E-state index contributed by atoms with van der Waals surface area (Å²) in [6.07, 6.45) is 3.24. The molecular formula is C31H32N4O3S. The summed E-state index contributed by atoms with van der Waals surface area (Å²) in [6, 6.07) is 24.8. The molecule has 7 nitrogen and oxygen atoms in total. The molecule has 0 bridgehead atoms.